The minimum absolute atomic E-state index is 0.0117. The number of aromatic nitrogens is 3. The summed E-state index contributed by atoms with van der Waals surface area (Å²) in [5, 5.41) is 11.4. The summed E-state index contributed by atoms with van der Waals surface area (Å²) < 4.78 is 0. The van der Waals surface area contributed by atoms with Crippen molar-refractivity contribution >= 4 is 23.7 Å². The molecule has 1 aromatic rings. The predicted octanol–water partition coefficient (Wildman–Crippen LogP) is -2.32. The number of carbonyl (C=O) groups is 2. The molecule has 0 aliphatic carbocycles. The standard InChI is InChI=1S/C6H10N8O2/c1-2(15)9-6-10-3(11-14-6)4(16)12-13-5(7)8/h1H3,(H,12,16)(H4,7,8,13)(H2,9,10,11,14,15). The van der Waals surface area contributed by atoms with Gasteiger partial charge in [-0.05, 0) is 0 Å². The number of nitrogens with two attached hydrogens (primary N) is 2. The summed E-state index contributed by atoms with van der Waals surface area (Å²) in [6.07, 6.45) is 0. The highest BCUT2D eigenvalue weighted by atomic mass is 16.2. The maximum absolute atomic E-state index is 11.3. The number of guanidine groups is 1. The van der Waals surface area contributed by atoms with Crippen LogP contribution in [0, 0.1) is 0 Å². The van der Waals surface area contributed by atoms with Crippen LogP contribution >= 0.6 is 0 Å². The summed E-state index contributed by atoms with van der Waals surface area (Å²) in [5.41, 5.74) is 12.0. The Labute approximate surface area is 89.5 Å². The Morgan fingerprint density at radius 3 is 2.69 bits per heavy atom. The maximum Gasteiger partial charge on any atom is 0.308 e. The predicted molar refractivity (Wildman–Crippen MR) is 54.0 cm³/mol. The van der Waals surface area contributed by atoms with Crippen LogP contribution in [0.25, 0.3) is 0 Å². The number of nitrogens with zero attached hydrogens (tertiary/aromatic N) is 3. The molecule has 86 valence electrons. The first-order valence-electron chi connectivity index (χ1n) is 4.08. The van der Waals surface area contributed by atoms with Gasteiger partial charge in [0, 0.05) is 6.92 Å². The van der Waals surface area contributed by atoms with Crippen LogP contribution in [0.3, 0.4) is 0 Å². The Balaban J connectivity index is 2.67. The molecule has 0 radical (unpaired) electrons. The van der Waals surface area contributed by atoms with Crippen molar-refractivity contribution < 1.29 is 9.59 Å². The Morgan fingerprint density at radius 2 is 2.12 bits per heavy atom. The molecule has 10 nitrogen and oxygen atoms in total. The van der Waals surface area contributed by atoms with E-state index >= 15 is 0 Å². The molecule has 1 rings (SSSR count). The van der Waals surface area contributed by atoms with Crippen LogP contribution in [0.2, 0.25) is 0 Å². The van der Waals surface area contributed by atoms with Gasteiger partial charge < -0.3 is 11.5 Å². The van der Waals surface area contributed by atoms with Gasteiger partial charge in [0.1, 0.15) is 0 Å². The average Bonchev–Trinajstić information content (AvgIpc) is 2.61. The third-order valence-electron chi connectivity index (χ3n) is 1.27. The Bertz CT molecular complexity index is 431. The maximum atomic E-state index is 11.3. The largest absolute Gasteiger partial charge is 0.369 e. The molecule has 16 heavy (non-hydrogen) atoms. The molecule has 0 spiro atoms. The van der Waals surface area contributed by atoms with Crippen LogP contribution < -0.4 is 22.2 Å². The highest BCUT2D eigenvalue weighted by molar-refractivity contribution is 5.92. The lowest BCUT2D eigenvalue weighted by Crippen LogP contribution is -2.29. The number of hydrogen-bond donors (Lipinski definition) is 5. The number of carbonyl (C=O) groups excluding carboxylic acids is 2. The van der Waals surface area contributed by atoms with Gasteiger partial charge >= 0.3 is 5.91 Å². The van der Waals surface area contributed by atoms with Crippen molar-refractivity contribution in [3.05, 3.63) is 5.82 Å². The fraction of sp³-hybridized carbons (Fsp3) is 0.167. The molecular weight excluding hydrogens is 216 g/mol. The minimum atomic E-state index is -0.683. The molecule has 0 saturated carbocycles. The molecule has 0 aliphatic rings. The smallest absolute Gasteiger partial charge is 0.308 e. The van der Waals surface area contributed by atoms with Crippen molar-refractivity contribution in [3.8, 4) is 0 Å². The number of rotatable bonds is 3. The van der Waals surface area contributed by atoms with Gasteiger partial charge in [0.2, 0.25) is 23.6 Å². The van der Waals surface area contributed by atoms with Crippen LogP contribution in [0.5, 0.6) is 0 Å². The number of hydrogen-bond acceptors (Lipinski definition) is 5. The Hall–Kier alpha value is -2.65. The van der Waals surface area contributed by atoms with Crippen molar-refractivity contribution in [3.63, 3.8) is 0 Å². The van der Waals surface area contributed by atoms with Gasteiger partial charge in [-0.25, -0.2) is 5.43 Å². The van der Waals surface area contributed by atoms with E-state index in [-0.39, 0.29) is 23.6 Å². The molecule has 10 heteroatoms. The number of anilines is 1. The number of aromatic amines is 1. The Morgan fingerprint density at radius 1 is 1.44 bits per heavy atom. The van der Waals surface area contributed by atoms with Crippen LogP contribution in [-0.2, 0) is 4.79 Å². The lowest BCUT2D eigenvalue weighted by molar-refractivity contribution is -0.114. The molecular formula is C6H10N8O2. The molecule has 0 fully saturated rings. The Kier molecular flexibility index (Phi) is 3.37. The van der Waals surface area contributed by atoms with Crippen molar-refractivity contribution in [2.24, 2.45) is 16.6 Å². The van der Waals surface area contributed by atoms with Crippen LogP contribution in [0.15, 0.2) is 5.10 Å². The zero-order valence-electron chi connectivity index (χ0n) is 8.31. The van der Waals surface area contributed by atoms with E-state index in [1.54, 1.807) is 0 Å². The molecule has 0 aromatic carbocycles. The lowest BCUT2D eigenvalue weighted by atomic mass is 10.6. The zero-order valence-corrected chi connectivity index (χ0v) is 8.31. The summed E-state index contributed by atoms with van der Waals surface area (Å²) in [6.45, 7) is 1.29. The van der Waals surface area contributed by atoms with Gasteiger partial charge in [-0.1, -0.05) is 0 Å². The average molecular weight is 226 g/mol. The van der Waals surface area contributed by atoms with Crippen molar-refractivity contribution in [1.29, 1.82) is 0 Å². The fourth-order valence-corrected chi connectivity index (χ4v) is 0.745. The second-order valence-electron chi connectivity index (χ2n) is 2.67. The van der Waals surface area contributed by atoms with E-state index in [0.717, 1.165) is 0 Å². The van der Waals surface area contributed by atoms with E-state index in [1.807, 2.05) is 5.43 Å². The van der Waals surface area contributed by atoms with E-state index < -0.39 is 5.91 Å². The highest BCUT2D eigenvalue weighted by Gasteiger charge is 2.11. The summed E-state index contributed by atoms with van der Waals surface area (Å²) in [4.78, 5) is 25.6. The molecule has 1 aromatic heterocycles. The monoisotopic (exact) mass is 226 g/mol. The highest BCUT2D eigenvalue weighted by Crippen LogP contribution is 1.97. The third kappa shape index (κ3) is 3.25. The second kappa shape index (κ2) is 4.72. The fourth-order valence-electron chi connectivity index (χ4n) is 0.745. The lowest BCUT2D eigenvalue weighted by Gasteiger charge is -1.94. The summed E-state index contributed by atoms with van der Waals surface area (Å²) in [6, 6.07) is 0. The van der Waals surface area contributed by atoms with E-state index in [9.17, 15) is 9.59 Å². The van der Waals surface area contributed by atoms with Gasteiger partial charge in [0.05, 0.1) is 0 Å². The molecule has 0 bridgehead atoms. The van der Waals surface area contributed by atoms with E-state index in [1.165, 1.54) is 6.92 Å². The molecule has 2 amide bonds. The van der Waals surface area contributed by atoms with Crippen molar-refractivity contribution in [2.75, 3.05) is 5.32 Å². The van der Waals surface area contributed by atoms with Gasteiger partial charge in [-0.3, -0.25) is 20.0 Å². The van der Waals surface area contributed by atoms with E-state index in [4.69, 9.17) is 11.5 Å². The third-order valence-corrected chi connectivity index (χ3v) is 1.27. The SMILES string of the molecule is CC(=O)Nc1n[nH]c(C(=O)NN=C(N)N)n1. The van der Waals surface area contributed by atoms with Gasteiger partial charge in [0.15, 0.2) is 0 Å². The molecule has 1 heterocycles. The normalized spacial score (nSPS) is 9.31. The second-order valence-corrected chi connectivity index (χ2v) is 2.67. The first kappa shape index (κ1) is 11.4. The molecule has 7 N–H and O–H groups in total. The van der Waals surface area contributed by atoms with Crippen LogP contribution in [-0.4, -0.2) is 33.0 Å². The zero-order chi connectivity index (χ0) is 12.1. The summed E-state index contributed by atoms with van der Waals surface area (Å²) in [5.74, 6) is -1.47. The number of hydrazone groups is 1. The summed E-state index contributed by atoms with van der Waals surface area (Å²) >= 11 is 0. The quantitative estimate of drug-likeness (QED) is 0.220. The molecule has 0 saturated heterocycles. The first-order chi connectivity index (χ1) is 7.49. The van der Waals surface area contributed by atoms with Crippen LogP contribution in [0.1, 0.15) is 17.5 Å². The molecule has 0 atom stereocenters. The summed E-state index contributed by atoms with van der Waals surface area (Å²) in [7, 11) is 0. The van der Waals surface area contributed by atoms with Gasteiger partial charge in [-0.2, -0.15) is 4.98 Å². The molecule has 0 unspecified atom stereocenters. The molecule has 0 aliphatic heterocycles. The van der Waals surface area contributed by atoms with Crippen LogP contribution in [0.4, 0.5) is 5.95 Å². The number of amides is 2. The van der Waals surface area contributed by atoms with Gasteiger partial charge in [0.25, 0.3) is 0 Å². The van der Waals surface area contributed by atoms with Crippen molar-refractivity contribution in [2.45, 2.75) is 6.92 Å². The first-order valence-corrected chi connectivity index (χ1v) is 4.08. The van der Waals surface area contributed by atoms with E-state index in [2.05, 4.69) is 25.6 Å². The number of nitrogens with one attached hydrogen (secondary N) is 3. The van der Waals surface area contributed by atoms with Gasteiger partial charge in [-0.15, -0.1) is 10.2 Å². The number of H-pyrrole nitrogens is 1. The van der Waals surface area contributed by atoms with Crippen molar-refractivity contribution in [1.82, 2.24) is 20.6 Å². The minimum Gasteiger partial charge on any atom is -0.369 e. The topological polar surface area (TPSA) is 164 Å². The van der Waals surface area contributed by atoms with E-state index in [0.29, 0.717) is 0 Å².